The molecule has 2 aliphatic rings. The number of benzene rings is 1. The fraction of sp³-hybridized carbons (Fsp3) is 0.600. The van der Waals surface area contributed by atoms with Gasteiger partial charge in [-0.25, -0.2) is 0 Å². The van der Waals surface area contributed by atoms with Crippen LogP contribution in [0.2, 0.25) is 0 Å². The number of ether oxygens (including phenoxy) is 2. The Bertz CT molecular complexity index is 419. The van der Waals surface area contributed by atoms with Crippen LogP contribution in [0.25, 0.3) is 0 Å². The summed E-state index contributed by atoms with van der Waals surface area (Å²) in [6, 6.07) is 6.71. The Labute approximate surface area is 108 Å². The van der Waals surface area contributed by atoms with E-state index >= 15 is 0 Å². The third kappa shape index (κ3) is 2.46. The summed E-state index contributed by atoms with van der Waals surface area (Å²) in [4.78, 5) is 0. The molecule has 1 heterocycles. The number of rotatable bonds is 3. The van der Waals surface area contributed by atoms with E-state index in [0.717, 1.165) is 17.9 Å². The monoisotopic (exact) mass is 247 g/mol. The summed E-state index contributed by atoms with van der Waals surface area (Å²) in [6.45, 7) is 1.31. The van der Waals surface area contributed by atoms with Crippen molar-refractivity contribution in [3.8, 4) is 11.5 Å². The first-order valence-corrected chi connectivity index (χ1v) is 6.97. The normalized spacial score (nSPS) is 26.3. The van der Waals surface area contributed by atoms with Gasteiger partial charge in [0.2, 0.25) is 0 Å². The molecule has 1 aliphatic heterocycles. The van der Waals surface area contributed by atoms with E-state index in [4.69, 9.17) is 15.2 Å². The Morgan fingerprint density at radius 2 is 1.94 bits per heavy atom. The highest BCUT2D eigenvalue weighted by atomic mass is 16.6. The van der Waals surface area contributed by atoms with Crippen LogP contribution in [0, 0.1) is 5.92 Å². The second kappa shape index (κ2) is 5.19. The first kappa shape index (κ1) is 11.8. The molecule has 3 heteroatoms. The van der Waals surface area contributed by atoms with Gasteiger partial charge in [0, 0.05) is 6.04 Å². The highest BCUT2D eigenvalue weighted by Gasteiger charge is 2.23. The van der Waals surface area contributed by atoms with Gasteiger partial charge in [-0.1, -0.05) is 12.5 Å². The van der Waals surface area contributed by atoms with Gasteiger partial charge in [0.15, 0.2) is 11.5 Å². The van der Waals surface area contributed by atoms with Crippen LogP contribution < -0.4 is 15.2 Å². The smallest absolute Gasteiger partial charge is 0.161 e. The summed E-state index contributed by atoms with van der Waals surface area (Å²) in [5, 5.41) is 0. The van der Waals surface area contributed by atoms with E-state index in [1.165, 1.54) is 31.2 Å². The lowest BCUT2D eigenvalue weighted by molar-refractivity contribution is 0.171. The highest BCUT2D eigenvalue weighted by Crippen LogP contribution is 2.33. The summed E-state index contributed by atoms with van der Waals surface area (Å²) < 4.78 is 11.1. The molecule has 2 N–H and O–H groups in total. The Kier molecular flexibility index (Phi) is 3.41. The quantitative estimate of drug-likeness (QED) is 0.892. The molecule has 3 nitrogen and oxygen atoms in total. The van der Waals surface area contributed by atoms with Crippen LogP contribution in [0.4, 0.5) is 0 Å². The fourth-order valence-electron chi connectivity index (χ4n) is 3.02. The summed E-state index contributed by atoms with van der Waals surface area (Å²) in [5.41, 5.74) is 7.44. The second-order valence-corrected chi connectivity index (χ2v) is 5.37. The largest absolute Gasteiger partial charge is 0.486 e. The van der Waals surface area contributed by atoms with E-state index in [1.54, 1.807) is 0 Å². The molecule has 3 rings (SSSR count). The van der Waals surface area contributed by atoms with Gasteiger partial charge in [0.05, 0.1) is 0 Å². The van der Waals surface area contributed by atoms with Crippen LogP contribution in [-0.2, 0) is 6.42 Å². The Hall–Kier alpha value is -1.22. The molecule has 1 aromatic rings. The number of nitrogens with two attached hydrogens (primary N) is 1. The summed E-state index contributed by atoms with van der Waals surface area (Å²) in [5.74, 6) is 2.48. The molecule has 2 atom stereocenters. The number of fused-ring (bicyclic) bond motifs is 1. The van der Waals surface area contributed by atoms with Crippen molar-refractivity contribution in [1.82, 2.24) is 0 Å². The van der Waals surface area contributed by atoms with Crippen molar-refractivity contribution in [2.24, 2.45) is 11.7 Å². The van der Waals surface area contributed by atoms with Crippen LogP contribution in [-0.4, -0.2) is 19.3 Å². The third-order valence-corrected chi connectivity index (χ3v) is 4.13. The molecule has 0 bridgehead atoms. The van der Waals surface area contributed by atoms with Crippen molar-refractivity contribution in [2.75, 3.05) is 13.2 Å². The molecular formula is C15H21NO2. The molecule has 1 aromatic carbocycles. The average Bonchev–Trinajstić information content (AvgIpc) is 2.82. The number of hydrogen-bond donors (Lipinski definition) is 1. The van der Waals surface area contributed by atoms with Crippen molar-refractivity contribution in [1.29, 1.82) is 0 Å². The minimum atomic E-state index is 0.419. The molecule has 1 aliphatic carbocycles. The Morgan fingerprint density at radius 1 is 1.11 bits per heavy atom. The van der Waals surface area contributed by atoms with Gasteiger partial charge < -0.3 is 15.2 Å². The summed E-state index contributed by atoms with van der Waals surface area (Å²) in [6.07, 6.45) is 6.08. The van der Waals surface area contributed by atoms with Crippen LogP contribution in [0.1, 0.15) is 31.2 Å². The molecule has 0 spiro atoms. The molecule has 0 aromatic heterocycles. The molecule has 0 radical (unpaired) electrons. The van der Waals surface area contributed by atoms with Crippen LogP contribution >= 0.6 is 0 Å². The molecule has 0 saturated heterocycles. The third-order valence-electron chi connectivity index (χ3n) is 4.13. The minimum Gasteiger partial charge on any atom is -0.486 e. The van der Waals surface area contributed by atoms with E-state index < -0.39 is 0 Å². The topological polar surface area (TPSA) is 44.5 Å². The van der Waals surface area contributed by atoms with E-state index in [-0.39, 0.29) is 0 Å². The molecule has 18 heavy (non-hydrogen) atoms. The molecule has 2 unspecified atom stereocenters. The van der Waals surface area contributed by atoms with Crippen molar-refractivity contribution >= 4 is 0 Å². The van der Waals surface area contributed by atoms with E-state index in [0.29, 0.717) is 25.2 Å². The van der Waals surface area contributed by atoms with Gasteiger partial charge in [-0.15, -0.1) is 0 Å². The second-order valence-electron chi connectivity index (χ2n) is 5.37. The van der Waals surface area contributed by atoms with Crippen molar-refractivity contribution in [2.45, 2.75) is 38.1 Å². The lowest BCUT2D eigenvalue weighted by atomic mass is 9.95. The Balaban J connectivity index is 1.62. The maximum Gasteiger partial charge on any atom is 0.161 e. The molecule has 0 amide bonds. The van der Waals surface area contributed by atoms with E-state index in [9.17, 15) is 0 Å². The molecule has 98 valence electrons. The van der Waals surface area contributed by atoms with Crippen molar-refractivity contribution in [3.63, 3.8) is 0 Å². The maximum absolute atomic E-state index is 6.11. The Morgan fingerprint density at radius 3 is 2.72 bits per heavy atom. The van der Waals surface area contributed by atoms with Gasteiger partial charge in [0.1, 0.15) is 13.2 Å². The van der Waals surface area contributed by atoms with Gasteiger partial charge in [-0.3, -0.25) is 0 Å². The first-order chi connectivity index (χ1) is 8.83. The predicted molar refractivity (Wildman–Crippen MR) is 71.1 cm³/mol. The zero-order valence-corrected chi connectivity index (χ0v) is 10.7. The minimum absolute atomic E-state index is 0.419. The van der Waals surface area contributed by atoms with Gasteiger partial charge in [-0.2, -0.15) is 0 Å². The van der Waals surface area contributed by atoms with Gasteiger partial charge in [-0.05, 0) is 49.3 Å². The zero-order chi connectivity index (χ0) is 12.4. The summed E-state index contributed by atoms with van der Waals surface area (Å²) >= 11 is 0. The molecular weight excluding hydrogens is 226 g/mol. The van der Waals surface area contributed by atoms with E-state index in [2.05, 4.69) is 12.1 Å². The maximum atomic E-state index is 6.11. The standard InChI is InChI=1S/C15H21NO2/c16-13-3-1-2-12(13)6-4-11-5-7-14-15(10-11)18-9-8-17-14/h5,7,10,12-13H,1-4,6,8-9,16H2. The molecule has 1 saturated carbocycles. The predicted octanol–water partition coefficient (Wildman–Crippen LogP) is 2.52. The van der Waals surface area contributed by atoms with Gasteiger partial charge >= 0.3 is 0 Å². The van der Waals surface area contributed by atoms with Crippen LogP contribution in [0.5, 0.6) is 11.5 Å². The highest BCUT2D eigenvalue weighted by molar-refractivity contribution is 5.43. The lowest BCUT2D eigenvalue weighted by Crippen LogP contribution is -2.24. The molecule has 1 fully saturated rings. The van der Waals surface area contributed by atoms with Crippen LogP contribution in [0.3, 0.4) is 0 Å². The average molecular weight is 247 g/mol. The zero-order valence-electron chi connectivity index (χ0n) is 10.7. The van der Waals surface area contributed by atoms with Crippen LogP contribution in [0.15, 0.2) is 18.2 Å². The van der Waals surface area contributed by atoms with E-state index in [1.807, 2.05) is 6.07 Å². The fourth-order valence-corrected chi connectivity index (χ4v) is 3.02. The number of hydrogen-bond acceptors (Lipinski definition) is 3. The van der Waals surface area contributed by atoms with Crippen molar-refractivity contribution in [3.05, 3.63) is 23.8 Å². The SMILES string of the molecule is NC1CCCC1CCc1ccc2c(c1)OCCO2. The lowest BCUT2D eigenvalue weighted by Gasteiger charge is -2.19. The summed E-state index contributed by atoms with van der Waals surface area (Å²) in [7, 11) is 0. The number of aryl methyl sites for hydroxylation is 1. The first-order valence-electron chi connectivity index (χ1n) is 6.97. The van der Waals surface area contributed by atoms with Gasteiger partial charge in [0.25, 0.3) is 0 Å². The van der Waals surface area contributed by atoms with Crippen molar-refractivity contribution < 1.29 is 9.47 Å².